The lowest BCUT2D eigenvalue weighted by atomic mass is 9.98. The van der Waals surface area contributed by atoms with Crippen LogP contribution >= 0.6 is 0 Å². The molecule has 3 aromatic carbocycles. The van der Waals surface area contributed by atoms with Crippen molar-refractivity contribution < 1.29 is 17.9 Å². The van der Waals surface area contributed by atoms with Crippen LogP contribution in [-0.2, 0) is 19.3 Å². The molecule has 0 aliphatic rings. The monoisotopic (exact) mass is 398 g/mol. The Morgan fingerprint density at radius 2 is 1.41 bits per heavy atom. The maximum atomic E-state index is 14.6. The van der Waals surface area contributed by atoms with Gasteiger partial charge in [-0.2, -0.15) is 4.39 Å². The third-order valence-corrected chi connectivity index (χ3v) is 4.96. The Balaban J connectivity index is 1.74. The molecule has 0 fully saturated rings. The molecule has 1 nitrogen and oxygen atoms in total. The van der Waals surface area contributed by atoms with Crippen molar-refractivity contribution >= 4 is 0 Å². The maximum Gasteiger partial charge on any atom is 0.201 e. The molecule has 0 aliphatic carbocycles. The van der Waals surface area contributed by atoms with Crippen molar-refractivity contribution in [1.82, 2.24) is 0 Å². The van der Waals surface area contributed by atoms with Gasteiger partial charge in [0, 0.05) is 5.56 Å². The Hall–Kier alpha value is -2.75. The first-order valence-electron chi connectivity index (χ1n) is 10.0. The molecule has 0 bridgehead atoms. The molecule has 29 heavy (non-hydrogen) atoms. The van der Waals surface area contributed by atoms with Crippen LogP contribution in [0.3, 0.4) is 0 Å². The van der Waals surface area contributed by atoms with E-state index in [4.69, 9.17) is 4.74 Å². The van der Waals surface area contributed by atoms with Crippen molar-refractivity contribution in [2.75, 3.05) is 6.61 Å². The molecule has 3 aromatic rings. The second-order valence-electron chi connectivity index (χ2n) is 7.04. The van der Waals surface area contributed by atoms with Gasteiger partial charge in [-0.05, 0) is 66.6 Å². The first-order chi connectivity index (χ1) is 14.0. The Morgan fingerprint density at radius 1 is 0.724 bits per heavy atom. The average Bonchev–Trinajstić information content (AvgIpc) is 2.72. The molecule has 152 valence electrons. The minimum atomic E-state index is -1.06. The predicted octanol–water partition coefficient (Wildman–Crippen LogP) is 6.91. The lowest BCUT2D eigenvalue weighted by Crippen LogP contribution is -1.99. The highest BCUT2D eigenvalue weighted by atomic mass is 19.2. The zero-order valence-electron chi connectivity index (χ0n) is 16.8. The quantitative estimate of drug-likeness (QED) is 0.401. The zero-order valence-corrected chi connectivity index (χ0v) is 16.8. The molecule has 0 spiro atoms. The molecule has 0 saturated carbocycles. The Labute approximate surface area is 170 Å². The van der Waals surface area contributed by atoms with Crippen LogP contribution in [0.15, 0.2) is 54.6 Å². The second-order valence-corrected chi connectivity index (χ2v) is 7.04. The lowest BCUT2D eigenvalue weighted by Gasteiger charge is -2.11. The molecule has 0 N–H and O–H groups in total. The van der Waals surface area contributed by atoms with E-state index in [-0.39, 0.29) is 17.9 Å². The average molecular weight is 398 g/mol. The number of ether oxygens (including phenoxy) is 1. The SMILES string of the molecule is CCCc1ccc(CCc2ccc(-c3ccc(OCC)c(F)c3F)cc2F)cc1. The highest BCUT2D eigenvalue weighted by Crippen LogP contribution is 2.31. The van der Waals surface area contributed by atoms with Crippen molar-refractivity contribution in [1.29, 1.82) is 0 Å². The van der Waals surface area contributed by atoms with E-state index in [9.17, 15) is 13.2 Å². The third kappa shape index (κ3) is 5.00. The molecule has 0 atom stereocenters. The highest BCUT2D eigenvalue weighted by Gasteiger charge is 2.16. The summed E-state index contributed by atoms with van der Waals surface area (Å²) in [6, 6.07) is 15.7. The minimum absolute atomic E-state index is 0.0166. The van der Waals surface area contributed by atoms with Gasteiger partial charge in [-0.25, -0.2) is 8.78 Å². The molecule has 0 aromatic heterocycles. The molecule has 0 aliphatic heterocycles. The summed E-state index contributed by atoms with van der Waals surface area (Å²) < 4.78 is 48.1. The van der Waals surface area contributed by atoms with Crippen molar-refractivity contribution in [3.8, 4) is 16.9 Å². The van der Waals surface area contributed by atoms with Gasteiger partial charge in [0.25, 0.3) is 0 Å². The largest absolute Gasteiger partial charge is 0.491 e. The fourth-order valence-corrected chi connectivity index (χ4v) is 3.38. The third-order valence-electron chi connectivity index (χ3n) is 4.96. The van der Waals surface area contributed by atoms with E-state index in [1.54, 1.807) is 19.1 Å². The van der Waals surface area contributed by atoms with Gasteiger partial charge < -0.3 is 4.74 Å². The van der Waals surface area contributed by atoms with Gasteiger partial charge in [-0.15, -0.1) is 0 Å². The summed E-state index contributed by atoms with van der Waals surface area (Å²) >= 11 is 0. The van der Waals surface area contributed by atoms with E-state index >= 15 is 0 Å². The van der Waals surface area contributed by atoms with Crippen LogP contribution in [0.2, 0.25) is 0 Å². The number of aryl methyl sites for hydroxylation is 3. The number of rotatable bonds is 8. The van der Waals surface area contributed by atoms with Gasteiger partial charge in [0.2, 0.25) is 5.82 Å². The minimum Gasteiger partial charge on any atom is -0.491 e. The van der Waals surface area contributed by atoms with Crippen molar-refractivity contribution in [2.45, 2.75) is 39.5 Å². The zero-order chi connectivity index (χ0) is 20.8. The van der Waals surface area contributed by atoms with Crippen LogP contribution in [0.25, 0.3) is 11.1 Å². The first kappa shape index (κ1) is 21.0. The summed E-state index contributed by atoms with van der Waals surface area (Å²) in [5.41, 5.74) is 3.32. The number of hydrogen-bond acceptors (Lipinski definition) is 1. The van der Waals surface area contributed by atoms with E-state index in [0.29, 0.717) is 24.0 Å². The number of halogens is 3. The summed E-state index contributed by atoms with van der Waals surface area (Å²) in [4.78, 5) is 0. The number of benzene rings is 3. The first-order valence-corrected chi connectivity index (χ1v) is 10.0. The normalized spacial score (nSPS) is 10.9. The molecular weight excluding hydrogens is 373 g/mol. The molecule has 0 heterocycles. The Morgan fingerprint density at radius 3 is 2.03 bits per heavy atom. The molecule has 4 heteroatoms. The van der Waals surface area contributed by atoms with Crippen LogP contribution in [0.4, 0.5) is 13.2 Å². The Kier molecular flexibility index (Phi) is 6.97. The maximum absolute atomic E-state index is 14.6. The molecule has 3 rings (SSSR count). The molecule has 0 saturated heterocycles. The summed E-state index contributed by atoms with van der Waals surface area (Å²) in [5.74, 6) is -2.65. The molecule has 0 amide bonds. The van der Waals surface area contributed by atoms with Crippen molar-refractivity contribution in [3.05, 3.63) is 88.7 Å². The lowest BCUT2D eigenvalue weighted by molar-refractivity contribution is 0.314. The van der Waals surface area contributed by atoms with E-state index in [1.807, 2.05) is 0 Å². The van der Waals surface area contributed by atoms with E-state index in [2.05, 4.69) is 31.2 Å². The topological polar surface area (TPSA) is 9.23 Å². The van der Waals surface area contributed by atoms with Crippen LogP contribution in [-0.4, -0.2) is 6.61 Å². The summed E-state index contributed by atoms with van der Waals surface area (Å²) in [5, 5.41) is 0. The summed E-state index contributed by atoms with van der Waals surface area (Å²) in [6.07, 6.45) is 3.42. The van der Waals surface area contributed by atoms with Gasteiger partial charge in [0.1, 0.15) is 5.82 Å². The smallest absolute Gasteiger partial charge is 0.201 e. The molecule has 0 unspecified atom stereocenters. The highest BCUT2D eigenvalue weighted by molar-refractivity contribution is 5.65. The van der Waals surface area contributed by atoms with Crippen molar-refractivity contribution in [3.63, 3.8) is 0 Å². The van der Waals surface area contributed by atoms with Crippen molar-refractivity contribution in [2.24, 2.45) is 0 Å². The van der Waals surface area contributed by atoms with E-state index < -0.39 is 17.5 Å². The number of hydrogen-bond donors (Lipinski definition) is 0. The predicted molar refractivity (Wildman–Crippen MR) is 111 cm³/mol. The van der Waals surface area contributed by atoms with Gasteiger partial charge >= 0.3 is 0 Å². The van der Waals surface area contributed by atoms with Gasteiger partial charge in [0.15, 0.2) is 11.6 Å². The summed E-state index contributed by atoms with van der Waals surface area (Å²) in [6.45, 7) is 4.08. The summed E-state index contributed by atoms with van der Waals surface area (Å²) in [7, 11) is 0. The van der Waals surface area contributed by atoms with Gasteiger partial charge in [0.05, 0.1) is 6.61 Å². The molecular formula is C25H25F3O. The van der Waals surface area contributed by atoms with Crippen LogP contribution in [0.5, 0.6) is 5.75 Å². The van der Waals surface area contributed by atoms with E-state index in [1.165, 1.54) is 23.8 Å². The van der Waals surface area contributed by atoms with Gasteiger partial charge in [-0.3, -0.25) is 0 Å². The fourth-order valence-electron chi connectivity index (χ4n) is 3.38. The Bertz CT molecular complexity index is 965. The van der Waals surface area contributed by atoms with Crippen LogP contribution < -0.4 is 4.74 Å². The fraction of sp³-hybridized carbons (Fsp3) is 0.280. The molecule has 0 radical (unpaired) electrons. The standard InChI is InChI=1S/C25H25F3O/c1-3-5-17-6-8-18(9-7-17)10-11-19-12-13-20(16-22(19)26)21-14-15-23(29-4-2)25(28)24(21)27/h6-9,12-16H,3-5,10-11H2,1-2H3. The van der Waals surface area contributed by atoms with E-state index in [0.717, 1.165) is 18.4 Å². The van der Waals surface area contributed by atoms with Crippen LogP contribution in [0, 0.1) is 17.5 Å². The van der Waals surface area contributed by atoms with Gasteiger partial charge in [-0.1, -0.05) is 49.7 Å². The second kappa shape index (κ2) is 9.64. The van der Waals surface area contributed by atoms with Crippen LogP contribution in [0.1, 0.15) is 37.0 Å².